The van der Waals surface area contributed by atoms with Crippen molar-refractivity contribution in [3.8, 4) is 40.3 Å². The number of amides is 1. The lowest BCUT2D eigenvalue weighted by Gasteiger charge is -2.38. The molecule has 3 aromatic carbocycles. The molecule has 1 saturated heterocycles. The summed E-state index contributed by atoms with van der Waals surface area (Å²) in [7, 11) is 13.1. The van der Waals surface area contributed by atoms with Crippen molar-refractivity contribution in [3.63, 3.8) is 0 Å². The Morgan fingerprint density at radius 1 is 0.531 bits per heavy atom. The number of methoxy groups -OCH3 is 3. The lowest BCUT2D eigenvalue weighted by molar-refractivity contribution is -0.148. The van der Waals surface area contributed by atoms with Crippen molar-refractivity contribution in [2.45, 2.75) is 141 Å². The van der Waals surface area contributed by atoms with E-state index in [1.807, 2.05) is 68.9 Å². The van der Waals surface area contributed by atoms with Crippen LogP contribution in [0, 0.1) is 48.0 Å². The van der Waals surface area contributed by atoms with Gasteiger partial charge in [-0.25, -0.2) is 27.6 Å². The maximum Gasteiger partial charge on any atom is 0.328 e. The molecule has 4 aliphatic rings. The minimum Gasteiger partial charge on any atom is -0.494 e. The van der Waals surface area contributed by atoms with Crippen molar-refractivity contribution in [1.29, 1.82) is 0 Å². The molecule has 14 rings (SSSR count). The molecule has 0 spiro atoms. The normalized spacial score (nSPS) is 21.5. The van der Waals surface area contributed by atoms with Gasteiger partial charge in [-0.15, -0.1) is 20.4 Å². The largest absolute Gasteiger partial charge is 0.494 e. The van der Waals surface area contributed by atoms with Gasteiger partial charge in [0.05, 0.1) is 77.9 Å². The lowest BCUT2D eigenvalue weighted by atomic mass is 9.81. The van der Waals surface area contributed by atoms with E-state index in [9.17, 15) is 32.3 Å². The van der Waals surface area contributed by atoms with E-state index in [4.69, 9.17) is 27.8 Å². The topological polar surface area (TPSA) is 239 Å². The van der Waals surface area contributed by atoms with Crippen LogP contribution >= 0.6 is 0 Å². The van der Waals surface area contributed by atoms with Crippen LogP contribution in [-0.2, 0) is 64.4 Å². The quantitative estimate of drug-likeness (QED) is 0.0984. The number of rotatable bonds is 14. The number of fused-ring (bicyclic) bond motifs is 3. The highest BCUT2D eigenvalue weighted by atomic mass is 19.1. The van der Waals surface area contributed by atoms with E-state index in [1.165, 1.54) is 53.2 Å². The monoisotopic (exact) mass is 1330 g/mol. The standard InChI is InChI=1S/C23H27FN6O3.C23H26FN5O3.C23H32FN3O4/c1-13-9-19(29(3)27-13)22-26-25-21(33-22)15-7-5-14(6-8-15)12-30-18-11-20(32-4)16(24)10-17(18)28(2)23(30)31;1-27-9-8-16(13-27)22-26-25-21(32-22)15-6-4-14(5-7-15)12-29-19-11-20(31-3)17(24)10-18(19)28(2)23(29)30;1-14-11-26(12-15(2)31-14)22(28)17-7-5-16(6-8-17)13-27-20-10-21(30-4)18(24)9-19(20)25(3)23(27)29/h9-11,14-15H,5-8,12H2,1-4H3;8-11,13-15H,4-7,12H2,1-3H3;9-10,14-17H,5-8,11-13H2,1-4H3/t;;14-,15+,16?,17?. The van der Waals surface area contributed by atoms with Crippen LogP contribution in [0.5, 0.6) is 17.2 Å². The summed E-state index contributed by atoms with van der Waals surface area (Å²) in [4.78, 5) is 53.4. The lowest BCUT2D eigenvalue weighted by Crippen LogP contribution is -2.50. The fourth-order valence-corrected chi connectivity index (χ4v) is 14.8. The first kappa shape index (κ1) is 66.9. The van der Waals surface area contributed by atoms with Crippen molar-refractivity contribution < 1.29 is 45.7 Å². The van der Waals surface area contributed by atoms with Crippen LogP contribution in [0.1, 0.15) is 120 Å². The van der Waals surface area contributed by atoms with E-state index in [2.05, 4.69) is 25.5 Å². The number of imidazole rings is 3. The van der Waals surface area contributed by atoms with Crippen molar-refractivity contribution >= 4 is 39.0 Å². The van der Waals surface area contributed by atoms with Crippen LogP contribution in [0.15, 0.2) is 84.1 Å². The Hall–Kier alpha value is -9.14. The number of aromatic nitrogens is 13. The average Bonchev–Trinajstić information content (AvgIpc) is 1.62. The molecule has 2 atom stereocenters. The second-order valence-electron chi connectivity index (χ2n) is 26.7. The molecule has 3 aliphatic carbocycles. The van der Waals surface area contributed by atoms with Gasteiger partial charge < -0.3 is 37.2 Å². The number of aryl methyl sites for hydroxylation is 6. The Kier molecular flexibility index (Phi) is 19.4. The number of carbonyl (C=O) groups excluding carboxylic acids is 1. The van der Waals surface area contributed by atoms with Gasteiger partial charge in [-0.1, -0.05) is 0 Å². The van der Waals surface area contributed by atoms with Gasteiger partial charge in [-0.3, -0.25) is 36.9 Å². The minimum atomic E-state index is -0.478. The molecule has 0 unspecified atom stereocenters. The molecule has 0 N–H and O–H groups in total. The number of benzene rings is 3. The zero-order valence-corrected chi connectivity index (χ0v) is 56.4. The predicted molar refractivity (Wildman–Crippen MR) is 352 cm³/mol. The molecule has 1 amide bonds. The summed E-state index contributed by atoms with van der Waals surface area (Å²) >= 11 is 0. The van der Waals surface area contributed by atoms with E-state index in [0.717, 1.165) is 94.0 Å². The molecule has 0 bridgehead atoms. The molecule has 7 aromatic heterocycles. The molecule has 24 nitrogen and oxygen atoms in total. The average molecular weight is 1330 g/mol. The van der Waals surface area contributed by atoms with Crippen molar-refractivity contribution in [2.24, 2.45) is 58.9 Å². The third-order valence-electron chi connectivity index (χ3n) is 20.1. The summed E-state index contributed by atoms with van der Waals surface area (Å²) in [5.41, 5.74) is 5.95. The Balaban J connectivity index is 0.000000138. The van der Waals surface area contributed by atoms with Crippen LogP contribution in [0.3, 0.4) is 0 Å². The van der Waals surface area contributed by atoms with Gasteiger partial charge in [-0.2, -0.15) is 5.10 Å². The minimum absolute atomic E-state index is 0.0483. The number of hydrogen-bond donors (Lipinski definition) is 0. The molecule has 512 valence electrons. The van der Waals surface area contributed by atoms with Crippen molar-refractivity contribution in [1.82, 2.24) is 67.0 Å². The predicted octanol–water partition coefficient (Wildman–Crippen LogP) is 10.3. The first-order valence-corrected chi connectivity index (χ1v) is 33.1. The van der Waals surface area contributed by atoms with Crippen molar-refractivity contribution in [3.05, 3.63) is 127 Å². The SMILES string of the molecule is COc1cc2c(cc1F)n(C)c(=O)n2CC1CCC(C(=O)N2C[C@@H](C)O[C@@H](C)C2)CC1.COc1cc2c(cc1F)n(C)c(=O)n2CC1CCC(c2nnc(-c3cc(C)nn3C)o2)CC1.COc1cc2c(cc1F)n(C)c(=O)n2CC1CCC(c2nnc(-c3ccn(C)c3)o2)CC1. The van der Waals surface area contributed by atoms with Crippen LogP contribution < -0.4 is 31.3 Å². The van der Waals surface area contributed by atoms with Gasteiger partial charge in [0.15, 0.2) is 34.7 Å². The Morgan fingerprint density at radius 2 is 0.927 bits per heavy atom. The molecular formula is C69H85F3N14O10. The fraction of sp³-hybridized carbons (Fsp3) is 0.522. The summed E-state index contributed by atoms with van der Waals surface area (Å²) in [5, 5.41) is 21.4. The Bertz CT molecular complexity index is 4620. The number of ether oxygens (including phenoxy) is 4. The zero-order valence-electron chi connectivity index (χ0n) is 56.4. The fourth-order valence-electron chi connectivity index (χ4n) is 14.8. The van der Waals surface area contributed by atoms with Gasteiger partial charge in [0.25, 0.3) is 5.89 Å². The first-order valence-electron chi connectivity index (χ1n) is 33.1. The molecular weight excluding hydrogens is 1240 g/mol. The van der Waals surface area contributed by atoms with Gasteiger partial charge in [0.2, 0.25) is 23.6 Å². The van der Waals surface area contributed by atoms with Crippen LogP contribution in [-0.4, -0.2) is 120 Å². The smallest absolute Gasteiger partial charge is 0.328 e. The molecule has 3 saturated carbocycles. The number of morpholine rings is 1. The summed E-state index contributed by atoms with van der Waals surface area (Å²) in [6.07, 6.45) is 15.0. The molecule has 27 heteroatoms. The van der Waals surface area contributed by atoms with E-state index >= 15 is 0 Å². The highest BCUT2D eigenvalue weighted by Gasteiger charge is 2.35. The summed E-state index contributed by atoms with van der Waals surface area (Å²) in [6.45, 7) is 9.01. The first-order chi connectivity index (χ1) is 46.1. The summed E-state index contributed by atoms with van der Waals surface area (Å²) in [6, 6.07) is 12.8. The maximum absolute atomic E-state index is 14.2. The molecule has 10 aromatic rings. The van der Waals surface area contributed by atoms with E-state index in [0.29, 0.717) is 107 Å². The van der Waals surface area contributed by atoms with Gasteiger partial charge in [0.1, 0.15) is 5.69 Å². The van der Waals surface area contributed by atoms with Gasteiger partial charge in [-0.05, 0) is 128 Å². The van der Waals surface area contributed by atoms with Gasteiger partial charge in [0, 0.05) is 135 Å². The number of hydrogen-bond acceptors (Lipinski definition) is 15. The molecule has 4 fully saturated rings. The Labute approximate surface area is 552 Å². The van der Waals surface area contributed by atoms with E-state index in [-0.39, 0.29) is 70.2 Å². The van der Waals surface area contributed by atoms with Crippen LogP contribution in [0.2, 0.25) is 0 Å². The maximum atomic E-state index is 14.2. The molecule has 96 heavy (non-hydrogen) atoms. The molecule has 8 heterocycles. The van der Waals surface area contributed by atoms with Crippen LogP contribution in [0.4, 0.5) is 13.2 Å². The molecule has 0 radical (unpaired) electrons. The summed E-state index contributed by atoms with van der Waals surface area (Å²) < 4.78 is 88.8. The number of nitrogens with zero attached hydrogens (tertiary/aromatic N) is 14. The third-order valence-corrected chi connectivity index (χ3v) is 20.1. The Morgan fingerprint density at radius 3 is 1.30 bits per heavy atom. The second kappa shape index (κ2) is 27.9. The molecule has 1 aliphatic heterocycles. The number of halogens is 3. The van der Waals surface area contributed by atoms with Gasteiger partial charge >= 0.3 is 17.1 Å². The highest BCUT2D eigenvalue weighted by Crippen LogP contribution is 2.40. The van der Waals surface area contributed by atoms with Crippen LogP contribution in [0.25, 0.3) is 56.1 Å². The van der Waals surface area contributed by atoms with Crippen molar-refractivity contribution in [2.75, 3.05) is 34.4 Å². The number of carbonyl (C=O) groups is 1. The highest BCUT2D eigenvalue weighted by molar-refractivity contribution is 5.81. The van der Waals surface area contributed by atoms with E-state index < -0.39 is 17.5 Å². The third kappa shape index (κ3) is 13.6. The second-order valence-corrected chi connectivity index (χ2v) is 26.7. The summed E-state index contributed by atoms with van der Waals surface area (Å²) in [5.74, 6) is 3.09. The zero-order chi connectivity index (χ0) is 68.0. The van der Waals surface area contributed by atoms with E-state index in [1.54, 1.807) is 57.7 Å².